The number of piperazine rings is 1. The summed E-state index contributed by atoms with van der Waals surface area (Å²) in [5.74, 6) is 0.204. The average Bonchev–Trinajstić information content (AvgIpc) is 2.19. The highest BCUT2D eigenvalue weighted by atomic mass is 79.9. The van der Waals surface area contributed by atoms with E-state index in [1.165, 1.54) is 5.69 Å². The smallest absolute Gasteiger partial charge is 0.246 e. The Hall–Kier alpha value is -1.03. The van der Waals surface area contributed by atoms with E-state index in [1.807, 2.05) is 17.0 Å². The Bertz CT molecular complexity index is 419. The third kappa shape index (κ3) is 0.945. The zero-order valence-corrected chi connectivity index (χ0v) is 9.12. The molecular formula is C10H9BrN2O. The molecule has 3 aliphatic rings. The lowest BCUT2D eigenvalue weighted by molar-refractivity contribution is -0.118. The fourth-order valence-corrected chi connectivity index (χ4v) is 2.71. The number of carbonyl (C=O) groups excluding carboxylic acids is 1. The van der Waals surface area contributed by atoms with Gasteiger partial charge in [0.2, 0.25) is 5.91 Å². The van der Waals surface area contributed by atoms with Crippen molar-refractivity contribution in [3.8, 4) is 0 Å². The number of halogens is 1. The maximum Gasteiger partial charge on any atom is 0.246 e. The molecule has 2 bridgehead atoms. The number of nitrogens with zero attached hydrogens (tertiary/aromatic N) is 2. The summed E-state index contributed by atoms with van der Waals surface area (Å²) in [5.41, 5.74) is 2.21. The summed E-state index contributed by atoms with van der Waals surface area (Å²) in [6, 6.07) is 6.06. The van der Waals surface area contributed by atoms with Crippen molar-refractivity contribution in [1.82, 2.24) is 0 Å². The Labute approximate surface area is 90.4 Å². The Balaban J connectivity index is 2.26. The van der Waals surface area contributed by atoms with E-state index >= 15 is 0 Å². The molecule has 1 aromatic carbocycles. The van der Waals surface area contributed by atoms with Crippen LogP contribution < -0.4 is 9.80 Å². The van der Waals surface area contributed by atoms with Crippen LogP contribution in [-0.2, 0) is 4.79 Å². The average molecular weight is 253 g/mol. The number of fused-ring (bicyclic) bond motifs is 2. The van der Waals surface area contributed by atoms with Gasteiger partial charge in [-0.3, -0.25) is 4.79 Å². The number of carbonyl (C=O) groups is 1. The fraction of sp³-hybridized carbons (Fsp3) is 0.300. The summed E-state index contributed by atoms with van der Waals surface area (Å²) < 4.78 is 1.01. The van der Waals surface area contributed by atoms with Gasteiger partial charge in [0.15, 0.2) is 0 Å². The largest absolute Gasteiger partial charge is 0.359 e. The fourth-order valence-electron chi connectivity index (χ4n) is 2.14. The van der Waals surface area contributed by atoms with Crippen LogP contribution in [0.1, 0.15) is 0 Å². The van der Waals surface area contributed by atoms with Crippen LogP contribution in [0.15, 0.2) is 22.7 Å². The highest BCUT2D eigenvalue weighted by molar-refractivity contribution is 9.10. The SMILES string of the molecule is O=C1CN2CCN1c1c(Br)cccc12. The lowest BCUT2D eigenvalue weighted by atomic mass is 10.1. The van der Waals surface area contributed by atoms with Gasteiger partial charge < -0.3 is 9.80 Å². The van der Waals surface area contributed by atoms with E-state index in [0.29, 0.717) is 6.54 Å². The molecule has 0 unspecified atom stereocenters. The second-order valence-corrected chi connectivity index (χ2v) is 4.43. The molecule has 3 aliphatic heterocycles. The quantitative estimate of drug-likeness (QED) is 0.701. The molecule has 0 aliphatic carbocycles. The zero-order chi connectivity index (χ0) is 9.71. The van der Waals surface area contributed by atoms with E-state index in [4.69, 9.17) is 0 Å². The van der Waals surface area contributed by atoms with E-state index < -0.39 is 0 Å². The summed E-state index contributed by atoms with van der Waals surface area (Å²) in [6.45, 7) is 2.30. The third-order valence-corrected chi connectivity index (χ3v) is 3.44. The standard InChI is InChI=1S/C10H9BrN2O/c11-7-2-1-3-8-10(7)13-5-4-12(8)6-9(13)14/h1-3H,4-6H2. The van der Waals surface area contributed by atoms with Crippen molar-refractivity contribution < 1.29 is 4.79 Å². The van der Waals surface area contributed by atoms with E-state index in [9.17, 15) is 4.79 Å². The Kier molecular flexibility index (Phi) is 1.62. The number of benzene rings is 1. The molecule has 1 aromatic rings. The van der Waals surface area contributed by atoms with Gasteiger partial charge in [0, 0.05) is 17.6 Å². The van der Waals surface area contributed by atoms with Gasteiger partial charge in [0.25, 0.3) is 0 Å². The van der Waals surface area contributed by atoms with Crippen LogP contribution >= 0.6 is 15.9 Å². The molecule has 0 aromatic heterocycles. The molecule has 1 saturated heterocycles. The molecular weight excluding hydrogens is 244 g/mol. The van der Waals surface area contributed by atoms with Crippen molar-refractivity contribution >= 4 is 33.2 Å². The monoisotopic (exact) mass is 252 g/mol. The predicted molar refractivity (Wildman–Crippen MR) is 58.7 cm³/mol. The van der Waals surface area contributed by atoms with Gasteiger partial charge in [-0.15, -0.1) is 0 Å². The summed E-state index contributed by atoms with van der Waals surface area (Å²) in [7, 11) is 0. The van der Waals surface area contributed by atoms with E-state index in [1.54, 1.807) is 0 Å². The van der Waals surface area contributed by atoms with Crippen LogP contribution in [0.4, 0.5) is 11.4 Å². The van der Waals surface area contributed by atoms with Crippen molar-refractivity contribution in [3.63, 3.8) is 0 Å². The molecule has 0 saturated carbocycles. The van der Waals surface area contributed by atoms with Crippen molar-refractivity contribution in [2.75, 3.05) is 29.4 Å². The van der Waals surface area contributed by atoms with Gasteiger partial charge in [-0.1, -0.05) is 6.07 Å². The van der Waals surface area contributed by atoms with Gasteiger partial charge in [-0.25, -0.2) is 0 Å². The minimum Gasteiger partial charge on any atom is -0.359 e. The molecule has 4 heteroatoms. The molecule has 14 heavy (non-hydrogen) atoms. The highest BCUT2D eigenvalue weighted by Crippen LogP contribution is 2.41. The summed E-state index contributed by atoms with van der Waals surface area (Å²) in [6.07, 6.45) is 0. The Morgan fingerprint density at radius 1 is 1.29 bits per heavy atom. The number of rotatable bonds is 0. The second kappa shape index (κ2) is 2.73. The summed E-state index contributed by atoms with van der Waals surface area (Å²) in [5, 5.41) is 0. The first kappa shape index (κ1) is 8.29. The van der Waals surface area contributed by atoms with Crippen LogP contribution in [-0.4, -0.2) is 25.5 Å². The Morgan fingerprint density at radius 2 is 2.14 bits per heavy atom. The van der Waals surface area contributed by atoms with Crippen molar-refractivity contribution in [1.29, 1.82) is 0 Å². The zero-order valence-electron chi connectivity index (χ0n) is 7.53. The molecule has 4 rings (SSSR count). The van der Waals surface area contributed by atoms with Gasteiger partial charge in [-0.05, 0) is 28.1 Å². The molecule has 3 nitrogen and oxygen atoms in total. The molecule has 0 atom stereocenters. The van der Waals surface area contributed by atoms with Gasteiger partial charge >= 0.3 is 0 Å². The maximum absolute atomic E-state index is 11.6. The third-order valence-electron chi connectivity index (χ3n) is 2.80. The second-order valence-electron chi connectivity index (χ2n) is 3.57. The minimum atomic E-state index is 0.204. The van der Waals surface area contributed by atoms with Crippen LogP contribution in [0.3, 0.4) is 0 Å². The van der Waals surface area contributed by atoms with E-state index in [2.05, 4.69) is 26.9 Å². The summed E-state index contributed by atoms with van der Waals surface area (Å²) >= 11 is 3.49. The van der Waals surface area contributed by atoms with Crippen molar-refractivity contribution in [2.24, 2.45) is 0 Å². The number of para-hydroxylation sites is 1. The lowest BCUT2D eigenvalue weighted by Gasteiger charge is -2.44. The highest BCUT2D eigenvalue weighted by Gasteiger charge is 2.35. The molecule has 3 heterocycles. The lowest BCUT2D eigenvalue weighted by Crippen LogP contribution is -2.55. The molecule has 0 N–H and O–H groups in total. The van der Waals surface area contributed by atoms with Crippen LogP contribution in [0, 0.1) is 0 Å². The number of anilines is 2. The molecule has 0 radical (unpaired) electrons. The van der Waals surface area contributed by atoms with E-state index in [-0.39, 0.29) is 5.91 Å². The normalized spacial score (nSPS) is 18.8. The van der Waals surface area contributed by atoms with Crippen molar-refractivity contribution in [2.45, 2.75) is 0 Å². The number of hydrogen-bond donors (Lipinski definition) is 0. The molecule has 1 amide bonds. The predicted octanol–water partition coefficient (Wildman–Crippen LogP) is 1.62. The first-order chi connectivity index (χ1) is 6.77. The maximum atomic E-state index is 11.6. The van der Waals surface area contributed by atoms with Gasteiger partial charge in [-0.2, -0.15) is 0 Å². The van der Waals surface area contributed by atoms with Crippen LogP contribution in [0.25, 0.3) is 0 Å². The van der Waals surface area contributed by atoms with Gasteiger partial charge in [0.05, 0.1) is 17.9 Å². The first-order valence-electron chi connectivity index (χ1n) is 4.61. The first-order valence-corrected chi connectivity index (χ1v) is 5.40. The van der Waals surface area contributed by atoms with Crippen molar-refractivity contribution in [3.05, 3.63) is 22.7 Å². The number of amides is 1. The topological polar surface area (TPSA) is 23.6 Å². The van der Waals surface area contributed by atoms with Gasteiger partial charge in [0.1, 0.15) is 0 Å². The number of hydrogen-bond acceptors (Lipinski definition) is 2. The van der Waals surface area contributed by atoms with Crippen LogP contribution in [0.2, 0.25) is 0 Å². The molecule has 0 spiro atoms. The molecule has 1 fully saturated rings. The van der Waals surface area contributed by atoms with Crippen LogP contribution in [0.5, 0.6) is 0 Å². The molecule has 72 valence electrons. The van der Waals surface area contributed by atoms with E-state index in [0.717, 1.165) is 23.2 Å². The Morgan fingerprint density at radius 3 is 2.93 bits per heavy atom. The minimum absolute atomic E-state index is 0.204. The summed E-state index contributed by atoms with van der Waals surface area (Å²) in [4.78, 5) is 15.6.